The Kier molecular flexibility index (Phi) is 4.50. The summed E-state index contributed by atoms with van der Waals surface area (Å²) in [7, 11) is 0. The molecule has 5 rings (SSSR count). The van der Waals surface area contributed by atoms with E-state index in [-0.39, 0.29) is 5.56 Å². The van der Waals surface area contributed by atoms with Crippen molar-refractivity contribution in [2.75, 3.05) is 36.0 Å². The fraction of sp³-hybridized carbons (Fsp3) is 0.600. The summed E-state index contributed by atoms with van der Waals surface area (Å²) in [6.45, 7) is 5.95. The molecule has 0 N–H and O–H groups in total. The second-order valence-corrected chi connectivity index (χ2v) is 8.50. The quantitative estimate of drug-likeness (QED) is 0.784. The third-order valence-corrected chi connectivity index (χ3v) is 6.39. The van der Waals surface area contributed by atoms with E-state index in [9.17, 15) is 4.79 Å². The van der Waals surface area contributed by atoms with Crippen LogP contribution in [0, 0.1) is 12.8 Å². The lowest BCUT2D eigenvalue weighted by Crippen LogP contribution is -2.47. The van der Waals surface area contributed by atoms with Crippen LogP contribution >= 0.6 is 11.6 Å². The van der Waals surface area contributed by atoms with E-state index in [1.807, 2.05) is 6.92 Å². The molecule has 2 aliphatic carbocycles. The molecule has 0 unspecified atom stereocenters. The molecule has 1 aliphatic heterocycles. The monoisotopic (exact) mass is 400 g/mol. The number of hydrogen-bond acceptors (Lipinski definition) is 6. The molecule has 3 aliphatic rings. The van der Waals surface area contributed by atoms with Crippen LogP contribution in [0.2, 0.25) is 5.02 Å². The Morgan fingerprint density at radius 2 is 1.86 bits per heavy atom. The van der Waals surface area contributed by atoms with Crippen LogP contribution in [-0.2, 0) is 19.4 Å². The van der Waals surface area contributed by atoms with E-state index in [2.05, 4.69) is 19.9 Å². The van der Waals surface area contributed by atoms with Crippen molar-refractivity contribution in [2.24, 2.45) is 5.92 Å². The maximum Gasteiger partial charge on any atom is 0.287 e. The number of nitrogens with zero attached hydrogens (tertiary/aromatic N) is 6. The third kappa shape index (κ3) is 3.26. The molecule has 7 nitrogen and oxygen atoms in total. The number of hydrogen-bond donors (Lipinski definition) is 0. The molecule has 3 heterocycles. The lowest BCUT2D eigenvalue weighted by molar-refractivity contribution is 0.531. The van der Waals surface area contributed by atoms with Crippen molar-refractivity contribution >= 4 is 23.1 Å². The highest BCUT2D eigenvalue weighted by Gasteiger charge is 2.27. The van der Waals surface area contributed by atoms with Gasteiger partial charge in [-0.05, 0) is 44.9 Å². The molecule has 0 atom stereocenters. The van der Waals surface area contributed by atoms with Gasteiger partial charge in [0.1, 0.15) is 16.7 Å². The largest absolute Gasteiger partial charge is 0.365 e. The van der Waals surface area contributed by atoms with Crippen LogP contribution in [-0.4, -0.2) is 45.9 Å². The molecule has 28 heavy (non-hydrogen) atoms. The van der Waals surface area contributed by atoms with Crippen LogP contribution in [0.3, 0.4) is 0 Å². The van der Waals surface area contributed by atoms with Gasteiger partial charge < -0.3 is 9.80 Å². The van der Waals surface area contributed by atoms with Gasteiger partial charge in [-0.3, -0.25) is 4.79 Å². The van der Waals surface area contributed by atoms with Crippen LogP contribution in [0.15, 0.2) is 11.0 Å². The van der Waals surface area contributed by atoms with E-state index >= 15 is 0 Å². The van der Waals surface area contributed by atoms with Gasteiger partial charge in [0.25, 0.3) is 5.56 Å². The summed E-state index contributed by atoms with van der Waals surface area (Å²) in [6.07, 6.45) is 7.42. The van der Waals surface area contributed by atoms with E-state index in [0.29, 0.717) is 17.5 Å². The summed E-state index contributed by atoms with van der Waals surface area (Å²) in [6, 6.07) is 0. The van der Waals surface area contributed by atoms with Crippen LogP contribution < -0.4 is 15.4 Å². The zero-order chi connectivity index (χ0) is 19.3. The first-order valence-corrected chi connectivity index (χ1v) is 10.6. The second-order valence-electron chi connectivity index (χ2n) is 8.12. The molecular formula is C20H25ClN6O. The average Bonchev–Trinajstić information content (AvgIpc) is 3.39. The highest BCUT2D eigenvalue weighted by molar-refractivity contribution is 6.33. The van der Waals surface area contributed by atoms with Crippen molar-refractivity contribution in [1.29, 1.82) is 0 Å². The normalized spacial score (nSPS) is 19.2. The Hall–Kier alpha value is -2.15. The molecular weight excluding hydrogens is 376 g/mol. The molecule has 1 saturated heterocycles. The van der Waals surface area contributed by atoms with E-state index in [1.54, 1.807) is 6.20 Å². The van der Waals surface area contributed by atoms with E-state index in [1.165, 1.54) is 35.2 Å². The first-order chi connectivity index (χ1) is 13.6. The minimum Gasteiger partial charge on any atom is -0.365 e. The first kappa shape index (κ1) is 17.9. The van der Waals surface area contributed by atoms with Crippen molar-refractivity contribution in [3.63, 3.8) is 0 Å². The summed E-state index contributed by atoms with van der Waals surface area (Å²) in [5.74, 6) is 2.54. The molecule has 148 valence electrons. The minimum absolute atomic E-state index is 0.169. The van der Waals surface area contributed by atoms with Gasteiger partial charge in [-0.15, -0.1) is 0 Å². The highest BCUT2D eigenvalue weighted by atomic mass is 35.5. The predicted octanol–water partition coefficient (Wildman–Crippen LogP) is 2.22. The highest BCUT2D eigenvalue weighted by Crippen LogP contribution is 2.32. The summed E-state index contributed by atoms with van der Waals surface area (Å²) >= 11 is 6.44. The number of piperazine rings is 1. The van der Waals surface area contributed by atoms with Crippen LogP contribution in [0.25, 0.3) is 0 Å². The predicted molar refractivity (Wildman–Crippen MR) is 109 cm³/mol. The number of fused-ring (bicyclic) bond motifs is 1. The van der Waals surface area contributed by atoms with E-state index < -0.39 is 0 Å². The summed E-state index contributed by atoms with van der Waals surface area (Å²) in [5.41, 5.74) is 3.12. The van der Waals surface area contributed by atoms with Crippen LogP contribution in [0.4, 0.5) is 11.5 Å². The van der Waals surface area contributed by atoms with Crippen LogP contribution in [0.1, 0.15) is 36.3 Å². The Labute approximate surface area is 169 Å². The Morgan fingerprint density at radius 1 is 1.11 bits per heavy atom. The molecule has 2 aromatic rings. The number of aromatic nitrogens is 4. The van der Waals surface area contributed by atoms with Crippen LogP contribution in [0.5, 0.6) is 0 Å². The average molecular weight is 401 g/mol. The number of halogens is 1. The zero-order valence-corrected chi connectivity index (χ0v) is 17.0. The molecule has 0 radical (unpaired) electrons. The molecule has 1 saturated carbocycles. The van der Waals surface area contributed by atoms with Crippen molar-refractivity contribution in [1.82, 2.24) is 19.7 Å². The minimum atomic E-state index is -0.169. The van der Waals surface area contributed by atoms with Crippen molar-refractivity contribution < 1.29 is 0 Å². The van der Waals surface area contributed by atoms with Crippen molar-refractivity contribution in [3.05, 3.63) is 38.7 Å². The standard InChI is InChI=1S/C20H25ClN6O/c1-13-23-16-4-2-3-15(16)19(24-13)26-9-7-25(8-10-26)17-11-22-27(12-14-5-6-14)20(28)18(17)21/h11,14H,2-10,12H2,1H3. The van der Waals surface area contributed by atoms with E-state index in [0.717, 1.165) is 56.4 Å². The molecule has 8 heteroatoms. The fourth-order valence-corrected chi connectivity index (χ4v) is 4.57. The van der Waals surface area contributed by atoms with Crippen molar-refractivity contribution in [2.45, 2.75) is 45.6 Å². The Balaban J connectivity index is 1.33. The van der Waals surface area contributed by atoms with Gasteiger partial charge in [-0.2, -0.15) is 5.10 Å². The summed E-state index contributed by atoms with van der Waals surface area (Å²) < 4.78 is 1.52. The topological polar surface area (TPSA) is 67.2 Å². The molecule has 0 spiro atoms. The Morgan fingerprint density at radius 3 is 2.61 bits per heavy atom. The number of aryl methyl sites for hydroxylation is 2. The first-order valence-electron chi connectivity index (χ1n) is 10.2. The molecule has 2 fully saturated rings. The summed E-state index contributed by atoms with van der Waals surface area (Å²) in [5, 5.41) is 4.67. The maximum absolute atomic E-state index is 12.6. The SMILES string of the molecule is Cc1nc2c(c(N3CCN(c4cnn(CC5CC5)c(=O)c4Cl)CC3)n1)CCC2. The number of anilines is 2. The van der Waals surface area contributed by atoms with Gasteiger partial charge in [0.2, 0.25) is 0 Å². The third-order valence-electron chi connectivity index (χ3n) is 6.04. The lowest BCUT2D eigenvalue weighted by Gasteiger charge is -2.37. The fourth-order valence-electron chi connectivity index (χ4n) is 4.31. The molecule has 2 aromatic heterocycles. The number of rotatable bonds is 4. The maximum atomic E-state index is 12.6. The van der Waals surface area contributed by atoms with Gasteiger partial charge in [0, 0.05) is 44.0 Å². The zero-order valence-electron chi connectivity index (χ0n) is 16.2. The van der Waals surface area contributed by atoms with Gasteiger partial charge in [-0.25, -0.2) is 14.6 Å². The van der Waals surface area contributed by atoms with Gasteiger partial charge in [-0.1, -0.05) is 11.6 Å². The molecule has 0 bridgehead atoms. The van der Waals surface area contributed by atoms with Gasteiger partial charge >= 0.3 is 0 Å². The Bertz CT molecular complexity index is 962. The molecule has 0 aromatic carbocycles. The summed E-state index contributed by atoms with van der Waals surface area (Å²) in [4.78, 5) is 26.4. The van der Waals surface area contributed by atoms with Gasteiger partial charge in [0.05, 0.1) is 11.9 Å². The second kappa shape index (κ2) is 7.03. The van der Waals surface area contributed by atoms with Gasteiger partial charge in [0.15, 0.2) is 0 Å². The van der Waals surface area contributed by atoms with Crippen molar-refractivity contribution in [3.8, 4) is 0 Å². The van der Waals surface area contributed by atoms with E-state index in [4.69, 9.17) is 16.6 Å². The lowest BCUT2D eigenvalue weighted by atomic mass is 10.2. The molecule has 0 amide bonds. The smallest absolute Gasteiger partial charge is 0.287 e.